The largest absolute Gasteiger partial charge is 0.497 e. The van der Waals surface area contributed by atoms with Crippen LogP contribution in [0.15, 0.2) is 53.3 Å². The summed E-state index contributed by atoms with van der Waals surface area (Å²) in [6, 6.07) is 13.7. The predicted molar refractivity (Wildman–Crippen MR) is 111 cm³/mol. The van der Waals surface area contributed by atoms with Crippen molar-refractivity contribution in [3.05, 3.63) is 64.4 Å². The molecule has 1 amide bonds. The van der Waals surface area contributed by atoms with E-state index in [1.165, 1.54) is 6.07 Å². The molecule has 1 aromatic heterocycles. The van der Waals surface area contributed by atoms with Gasteiger partial charge in [-0.05, 0) is 42.0 Å². The van der Waals surface area contributed by atoms with Crippen LogP contribution >= 0.6 is 0 Å². The van der Waals surface area contributed by atoms with Gasteiger partial charge in [0.2, 0.25) is 12.7 Å². The molecular weight excluding hydrogens is 402 g/mol. The van der Waals surface area contributed by atoms with Gasteiger partial charge in [-0.1, -0.05) is 6.07 Å². The minimum Gasteiger partial charge on any atom is -0.497 e. The van der Waals surface area contributed by atoms with Crippen LogP contribution in [0, 0.1) is 0 Å². The van der Waals surface area contributed by atoms with E-state index in [2.05, 4.69) is 10.4 Å². The van der Waals surface area contributed by atoms with Crippen molar-refractivity contribution in [2.75, 3.05) is 21.0 Å². The van der Waals surface area contributed by atoms with Crippen LogP contribution in [-0.2, 0) is 17.9 Å². The van der Waals surface area contributed by atoms with Crippen molar-refractivity contribution in [1.82, 2.24) is 15.1 Å². The summed E-state index contributed by atoms with van der Waals surface area (Å²) >= 11 is 0. The van der Waals surface area contributed by atoms with Gasteiger partial charge in [0.05, 0.1) is 19.9 Å². The number of methoxy groups -OCH3 is 2. The lowest BCUT2D eigenvalue weighted by molar-refractivity contribution is -0.122. The van der Waals surface area contributed by atoms with Crippen LogP contribution in [0.2, 0.25) is 0 Å². The van der Waals surface area contributed by atoms with Gasteiger partial charge in [0.15, 0.2) is 11.5 Å². The van der Waals surface area contributed by atoms with Crippen LogP contribution in [0.3, 0.4) is 0 Å². The van der Waals surface area contributed by atoms with Crippen LogP contribution < -0.4 is 29.8 Å². The Balaban J connectivity index is 1.49. The van der Waals surface area contributed by atoms with Crippen molar-refractivity contribution < 1.29 is 23.7 Å². The lowest BCUT2D eigenvalue weighted by Gasteiger charge is -2.12. The molecular formula is C22H21N3O6. The maximum atomic E-state index is 12.4. The quantitative estimate of drug-likeness (QED) is 0.620. The molecule has 0 spiro atoms. The molecule has 2 aromatic carbocycles. The molecule has 31 heavy (non-hydrogen) atoms. The number of amides is 1. The summed E-state index contributed by atoms with van der Waals surface area (Å²) in [5, 5.41) is 7.13. The number of nitrogens with one attached hydrogen (secondary N) is 1. The minimum absolute atomic E-state index is 0.189. The lowest BCUT2D eigenvalue weighted by Crippen LogP contribution is -2.33. The van der Waals surface area contributed by atoms with E-state index in [-0.39, 0.29) is 31.3 Å². The van der Waals surface area contributed by atoms with Crippen LogP contribution in [0.5, 0.6) is 23.0 Å². The van der Waals surface area contributed by atoms with Crippen molar-refractivity contribution in [2.45, 2.75) is 13.1 Å². The molecule has 9 nitrogen and oxygen atoms in total. The van der Waals surface area contributed by atoms with E-state index in [1.54, 1.807) is 44.6 Å². The number of aromatic nitrogens is 2. The second kappa shape index (κ2) is 8.78. The topological polar surface area (TPSA) is 101 Å². The zero-order chi connectivity index (χ0) is 21.8. The smallest absolute Gasteiger partial charge is 0.267 e. The summed E-state index contributed by atoms with van der Waals surface area (Å²) in [4.78, 5) is 24.7. The molecule has 2 heterocycles. The molecule has 0 unspecified atom stereocenters. The van der Waals surface area contributed by atoms with Crippen LogP contribution in [0.4, 0.5) is 0 Å². The normalized spacial score (nSPS) is 11.8. The van der Waals surface area contributed by atoms with Gasteiger partial charge in [-0.3, -0.25) is 9.59 Å². The van der Waals surface area contributed by atoms with Gasteiger partial charge in [0.25, 0.3) is 5.56 Å². The molecule has 3 aromatic rings. The number of carbonyl (C=O) groups excluding carboxylic acids is 1. The van der Waals surface area contributed by atoms with Crippen molar-refractivity contribution >= 4 is 5.91 Å². The number of fused-ring (bicyclic) bond motifs is 1. The number of benzene rings is 2. The molecule has 0 saturated heterocycles. The highest BCUT2D eigenvalue weighted by Crippen LogP contribution is 2.33. The maximum Gasteiger partial charge on any atom is 0.267 e. The molecule has 4 rings (SSSR count). The highest BCUT2D eigenvalue weighted by Gasteiger charge is 2.15. The predicted octanol–water partition coefficient (Wildman–Crippen LogP) is 1.97. The lowest BCUT2D eigenvalue weighted by atomic mass is 10.1. The van der Waals surface area contributed by atoms with Crippen molar-refractivity contribution in [3.8, 4) is 34.3 Å². The molecule has 0 radical (unpaired) electrons. The molecule has 160 valence electrons. The average molecular weight is 423 g/mol. The zero-order valence-corrected chi connectivity index (χ0v) is 17.1. The zero-order valence-electron chi connectivity index (χ0n) is 17.1. The van der Waals surface area contributed by atoms with Crippen molar-refractivity contribution in [2.24, 2.45) is 0 Å². The Morgan fingerprint density at radius 3 is 2.71 bits per heavy atom. The molecule has 0 atom stereocenters. The Morgan fingerprint density at radius 2 is 1.90 bits per heavy atom. The Kier molecular flexibility index (Phi) is 5.74. The fourth-order valence-electron chi connectivity index (χ4n) is 3.16. The summed E-state index contributed by atoms with van der Waals surface area (Å²) in [5.74, 6) is 2.17. The van der Waals surface area contributed by atoms with Crippen LogP contribution in [-0.4, -0.2) is 36.7 Å². The van der Waals surface area contributed by atoms with Gasteiger partial charge in [0, 0.05) is 18.2 Å². The Morgan fingerprint density at radius 1 is 1.06 bits per heavy atom. The number of hydrogen-bond acceptors (Lipinski definition) is 7. The first-order chi connectivity index (χ1) is 15.1. The number of rotatable bonds is 7. The summed E-state index contributed by atoms with van der Waals surface area (Å²) in [5.41, 5.74) is 1.60. The summed E-state index contributed by atoms with van der Waals surface area (Å²) in [7, 11) is 3.11. The van der Waals surface area contributed by atoms with Gasteiger partial charge >= 0.3 is 0 Å². The highest BCUT2D eigenvalue weighted by atomic mass is 16.7. The molecule has 9 heteroatoms. The van der Waals surface area contributed by atoms with Gasteiger partial charge in [-0.25, -0.2) is 4.68 Å². The second-order valence-corrected chi connectivity index (χ2v) is 6.75. The first-order valence-corrected chi connectivity index (χ1v) is 9.53. The molecule has 0 aliphatic carbocycles. The third-order valence-electron chi connectivity index (χ3n) is 4.77. The molecule has 1 N–H and O–H groups in total. The van der Waals surface area contributed by atoms with E-state index in [4.69, 9.17) is 18.9 Å². The van der Waals surface area contributed by atoms with Gasteiger partial charge in [-0.2, -0.15) is 5.10 Å². The second-order valence-electron chi connectivity index (χ2n) is 6.75. The van der Waals surface area contributed by atoms with Gasteiger partial charge < -0.3 is 24.3 Å². The molecule has 1 aliphatic rings. The summed E-state index contributed by atoms with van der Waals surface area (Å²) in [6.07, 6.45) is 0. The third-order valence-corrected chi connectivity index (χ3v) is 4.77. The average Bonchev–Trinajstić information content (AvgIpc) is 3.26. The fraction of sp³-hybridized carbons (Fsp3) is 0.227. The Bertz CT molecular complexity index is 1170. The molecule has 0 saturated carbocycles. The summed E-state index contributed by atoms with van der Waals surface area (Å²) in [6.45, 7) is 0.255. The van der Waals surface area contributed by atoms with Gasteiger partial charge in [-0.15, -0.1) is 0 Å². The van der Waals surface area contributed by atoms with Crippen molar-refractivity contribution in [1.29, 1.82) is 0 Å². The first kappa shape index (κ1) is 20.3. The molecule has 0 fully saturated rings. The molecule has 1 aliphatic heterocycles. The highest BCUT2D eigenvalue weighted by molar-refractivity contribution is 5.75. The van der Waals surface area contributed by atoms with E-state index >= 15 is 0 Å². The fourth-order valence-corrected chi connectivity index (χ4v) is 3.16. The number of carbonyl (C=O) groups is 1. The first-order valence-electron chi connectivity index (χ1n) is 9.53. The van der Waals surface area contributed by atoms with Crippen LogP contribution in [0.1, 0.15) is 5.56 Å². The van der Waals surface area contributed by atoms with Gasteiger partial charge in [0.1, 0.15) is 18.0 Å². The number of ether oxygens (including phenoxy) is 4. The van der Waals surface area contributed by atoms with E-state index in [1.807, 2.05) is 12.1 Å². The SMILES string of the molecule is COc1ccc(OC)c(-c2ccc(=O)n(CC(=O)NCc3ccc4c(c3)OCO4)n2)c1. The third kappa shape index (κ3) is 4.45. The van der Waals surface area contributed by atoms with Crippen LogP contribution in [0.25, 0.3) is 11.3 Å². The van der Waals surface area contributed by atoms with E-state index in [0.29, 0.717) is 34.3 Å². The van der Waals surface area contributed by atoms with E-state index < -0.39 is 0 Å². The number of nitrogens with zero attached hydrogens (tertiary/aromatic N) is 2. The van der Waals surface area contributed by atoms with E-state index in [0.717, 1.165) is 10.2 Å². The minimum atomic E-state index is -0.385. The number of hydrogen-bond donors (Lipinski definition) is 1. The monoisotopic (exact) mass is 423 g/mol. The Hall–Kier alpha value is -4.01. The maximum absolute atomic E-state index is 12.4. The van der Waals surface area contributed by atoms with E-state index in [9.17, 15) is 9.59 Å². The Labute approximate surface area is 178 Å². The standard InChI is InChI=1S/C22H21N3O6/c1-28-15-4-7-18(29-2)16(10-15)17-5-8-22(27)25(24-17)12-21(26)23-11-14-3-6-19-20(9-14)31-13-30-19/h3-10H,11-13H2,1-2H3,(H,23,26). The van der Waals surface area contributed by atoms with Crippen molar-refractivity contribution in [3.63, 3.8) is 0 Å². The summed E-state index contributed by atoms with van der Waals surface area (Å²) < 4.78 is 22.4. The molecule has 0 bridgehead atoms.